The molecule has 0 radical (unpaired) electrons. The van der Waals surface area contributed by atoms with Gasteiger partial charge in [-0.15, -0.1) is 0 Å². The van der Waals surface area contributed by atoms with Gasteiger partial charge < -0.3 is 9.84 Å². The first-order valence-electron chi connectivity index (χ1n) is 7.64. The fourth-order valence-corrected chi connectivity index (χ4v) is 2.43. The smallest absolute Gasteiger partial charge is 0.107 e. The normalized spacial score (nSPS) is 22.9. The van der Waals surface area contributed by atoms with Crippen molar-refractivity contribution in [2.45, 2.75) is 89.8 Å². The Balaban J connectivity index is 1.68. The Morgan fingerprint density at radius 1 is 0.765 bits per heavy atom. The molecule has 0 aliphatic carbocycles. The van der Waals surface area contributed by atoms with Gasteiger partial charge >= 0.3 is 0 Å². The fraction of sp³-hybridized carbons (Fsp3) is 1.00. The van der Waals surface area contributed by atoms with Gasteiger partial charge in [0.1, 0.15) is 6.10 Å². The summed E-state index contributed by atoms with van der Waals surface area (Å²) in [7, 11) is 0. The molecule has 1 N–H and O–H groups in total. The number of epoxide rings is 1. The van der Waals surface area contributed by atoms with Crippen molar-refractivity contribution >= 4 is 0 Å². The van der Waals surface area contributed by atoms with E-state index < -0.39 is 0 Å². The molecule has 0 spiro atoms. The Bertz CT molecular complexity index is 170. The number of ether oxygens (including phenoxy) is 1. The maximum Gasteiger partial charge on any atom is 0.107 e. The number of aliphatic hydroxyl groups is 1. The van der Waals surface area contributed by atoms with Crippen molar-refractivity contribution in [2.75, 3.05) is 6.61 Å². The van der Waals surface area contributed by atoms with Gasteiger partial charge in [-0.25, -0.2) is 0 Å². The van der Waals surface area contributed by atoms with Crippen LogP contribution in [-0.4, -0.2) is 23.9 Å². The van der Waals surface area contributed by atoms with Gasteiger partial charge in [0.05, 0.1) is 12.7 Å². The summed E-state index contributed by atoms with van der Waals surface area (Å²) in [5.41, 5.74) is 0. The second kappa shape index (κ2) is 9.90. The molecule has 0 bridgehead atoms. The zero-order valence-corrected chi connectivity index (χ0v) is 11.5. The Labute approximate surface area is 107 Å². The highest BCUT2D eigenvalue weighted by Crippen LogP contribution is 2.26. The highest BCUT2D eigenvalue weighted by molar-refractivity contribution is 4.83. The topological polar surface area (TPSA) is 32.8 Å². The van der Waals surface area contributed by atoms with Gasteiger partial charge in [0, 0.05) is 0 Å². The maximum atomic E-state index is 8.81. The van der Waals surface area contributed by atoms with Crippen LogP contribution in [0, 0.1) is 0 Å². The van der Waals surface area contributed by atoms with Gasteiger partial charge in [0.25, 0.3) is 0 Å². The van der Waals surface area contributed by atoms with Crippen molar-refractivity contribution in [3.8, 4) is 0 Å². The van der Waals surface area contributed by atoms with Gasteiger partial charge in [-0.3, -0.25) is 0 Å². The van der Waals surface area contributed by atoms with Gasteiger partial charge in [-0.2, -0.15) is 0 Å². The predicted molar refractivity (Wildman–Crippen MR) is 72.2 cm³/mol. The van der Waals surface area contributed by atoms with E-state index in [0.29, 0.717) is 6.10 Å². The number of hydrogen-bond donors (Lipinski definition) is 1. The molecule has 2 atom stereocenters. The van der Waals surface area contributed by atoms with Crippen LogP contribution in [0.1, 0.15) is 77.6 Å². The lowest BCUT2D eigenvalue weighted by Gasteiger charge is -2.01. The van der Waals surface area contributed by atoms with Gasteiger partial charge in [-0.1, -0.05) is 71.1 Å². The van der Waals surface area contributed by atoms with Crippen LogP contribution in [-0.2, 0) is 4.74 Å². The Kier molecular flexibility index (Phi) is 8.72. The van der Waals surface area contributed by atoms with Crippen molar-refractivity contribution in [3.05, 3.63) is 0 Å². The maximum absolute atomic E-state index is 8.81. The van der Waals surface area contributed by atoms with E-state index in [-0.39, 0.29) is 12.7 Å². The Hall–Kier alpha value is -0.0800. The molecule has 0 aromatic heterocycles. The first-order chi connectivity index (χ1) is 8.38. The Morgan fingerprint density at radius 2 is 1.29 bits per heavy atom. The van der Waals surface area contributed by atoms with E-state index >= 15 is 0 Å². The van der Waals surface area contributed by atoms with E-state index in [1.54, 1.807) is 0 Å². The quantitative estimate of drug-likeness (QED) is 0.413. The molecule has 0 aromatic carbocycles. The summed E-state index contributed by atoms with van der Waals surface area (Å²) in [6, 6.07) is 0. The van der Waals surface area contributed by atoms with Crippen LogP contribution >= 0.6 is 0 Å². The molecule has 0 aromatic rings. The molecule has 2 nitrogen and oxygen atoms in total. The average Bonchev–Trinajstić information content (AvgIpc) is 3.10. The van der Waals surface area contributed by atoms with Crippen molar-refractivity contribution in [1.82, 2.24) is 0 Å². The van der Waals surface area contributed by atoms with Crippen molar-refractivity contribution in [1.29, 1.82) is 0 Å². The van der Waals surface area contributed by atoms with E-state index in [0.717, 1.165) is 6.42 Å². The average molecular weight is 242 g/mol. The van der Waals surface area contributed by atoms with Gasteiger partial charge in [-0.05, 0) is 6.42 Å². The Morgan fingerprint density at radius 3 is 1.76 bits per heavy atom. The van der Waals surface area contributed by atoms with E-state index in [2.05, 4.69) is 6.92 Å². The first-order valence-corrected chi connectivity index (χ1v) is 7.64. The van der Waals surface area contributed by atoms with E-state index in [4.69, 9.17) is 9.84 Å². The van der Waals surface area contributed by atoms with Crippen molar-refractivity contribution < 1.29 is 9.84 Å². The molecule has 102 valence electrons. The van der Waals surface area contributed by atoms with E-state index in [1.807, 2.05) is 0 Å². The van der Waals surface area contributed by atoms with Crippen LogP contribution in [0.25, 0.3) is 0 Å². The van der Waals surface area contributed by atoms with Crippen LogP contribution in [0.3, 0.4) is 0 Å². The molecule has 2 heteroatoms. The standard InChI is InChI=1S/C15H30O2/c1-2-3-4-5-6-7-8-9-10-11-12-14-15(13-16)17-14/h14-16H,2-13H2,1H3. The van der Waals surface area contributed by atoms with Gasteiger partial charge in [0.15, 0.2) is 0 Å². The molecule has 1 heterocycles. The second-order valence-electron chi connectivity index (χ2n) is 5.37. The third kappa shape index (κ3) is 7.77. The molecular weight excluding hydrogens is 212 g/mol. The summed E-state index contributed by atoms with van der Waals surface area (Å²) in [6.45, 7) is 2.48. The van der Waals surface area contributed by atoms with E-state index in [1.165, 1.54) is 64.2 Å². The van der Waals surface area contributed by atoms with Crippen LogP contribution < -0.4 is 0 Å². The zero-order valence-electron chi connectivity index (χ0n) is 11.5. The number of aliphatic hydroxyl groups excluding tert-OH is 1. The first kappa shape index (κ1) is 15.0. The SMILES string of the molecule is CCCCCCCCCCCCC1OC1CO. The summed E-state index contributed by atoms with van der Waals surface area (Å²) in [4.78, 5) is 0. The van der Waals surface area contributed by atoms with Crippen LogP contribution in [0.5, 0.6) is 0 Å². The fourth-order valence-electron chi connectivity index (χ4n) is 2.43. The molecule has 2 unspecified atom stereocenters. The minimum atomic E-state index is 0.175. The lowest BCUT2D eigenvalue weighted by molar-refractivity contribution is 0.241. The molecule has 1 saturated heterocycles. The number of hydrogen-bond acceptors (Lipinski definition) is 2. The molecule has 17 heavy (non-hydrogen) atoms. The van der Waals surface area contributed by atoms with Gasteiger partial charge in [0.2, 0.25) is 0 Å². The summed E-state index contributed by atoms with van der Waals surface area (Å²) in [5, 5.41) is 8.81. The zero-order chi connectivity index (χ0) is 12.3. The van der Waals surface area contributed by atoms with Crippen LogP contribution in [0.2, 0.25) is 0 Å². The third-order valence-corrected chi connectivity index (χ3v) is 3.71. The highest BCUT2D eigenvalue weighted by atomic mass is 16.6. The molecular formula is C15H30O2. The second-order valence-corrected chi connectivity index (χ2v) is 5.37. The number of unbranched alkanes of at least 4 members (excludes halogenated alkanes) is 9. The molecule has 0 amide bonds. The summed E-state index contributed by atoms with van der Waals surface area (Å²) < 4.78 is 5.30. The van der Waals surface area contributed by atoms with Crippen molar-refractivity contribution in [2.24, 2.45) is 0 Å². The van der Waals surface area contributed by atoms with Crippen LogP contribution in [0.15, 0.2) is 0 Å². The van der Waals surface area contributed by atoms with E-state index in [9.17, 15) is 0 Å². The summed E-state index contributed by atoms with van der Waals surface area (Å²) in [6.07, 6.45) is 15.6. The molecule has 1 fully saturated rings. The lowest BCUT2D eigenvalue weighted by Crippen LogP contribution is -1.98. The minimum absolute atomic E-state index is 0.175. The largest absolute Gasteiger partial charge is 0.394 e. The predicted octanol–water partition coefficient (Wildman–Crippen LogP) is 4.06. The summed E-state index contributed by atoms with van der Waals surface area (Å²) >= 11 is 0. The van der Waals surface area contributed by atoms with Crippen LogP contribution in [0.4, 0.5) is 0 Å². The molecule has 1 aliphatic rings. The van der Waals surface area contributed by atoms with Crippen molar-refractivity contribution in [3.63, 3.8) is 0 Å². The molecule has 1 aliphatic heterocycles. The summed E-state index contributed by atoms with van der Waals surface area (Å²) in [5.74, 6) is 0. The molecule has 0 saturated carbocycles. The highest BCUT2D eigenvalue weighted by Gasteiger charge is 2.36. The monoisotopic (exact) mass is 242 g/mol. The minimum Gasteiger partial charge on any atom is -0.394 e. The number of rotatable bonds is 12. The third-order valence-electron chi connectivity index (χ3n) is 3.71. The lowest BCUT2D eigenvalue weighted by atomic mass is 10.0. The molecule has 1 rings (SSSR count).